The lowest BCUT2D eigenvalue weighted by molar-refractivity contribution is -0.143. The maximum Gasteiger partial charge on any atom is 0.326 e. The van der Waals surface area contributed by atoms with Gasteiger partial charge in [0.2, 0.25) is 23.6 Å². The number of thiol groups is 1. The molecule has 0 bridgehead atoms. The van der Waals surface area contributed by atoms with Crippen LogP contribution >= 0.6 is 12.6 Å². The van der Waals surface area contributed by atoms with Crippen LogP contribution in [0, 0.1) is 5.92 Å². The maximum absolute atomic E-state index is 12.7. The molecule has 0 radical (unpaired) electrons. The van der Waals surface area contributed by atoms with E-state index in [1.807, 2.05) is 0 Å². The summed E-state index contributed by atoms with van der Waals surface area (Å²) in [7, 11) is 0. The number of aliphatic carboxylic acids is 1. The molecule has 178 valence electrons. The Morgan fingerprint density at radius 3 is 1.94 bits per heavy atom. The number of unbranched alkanes of at least 4 members (excludes halogenated alkanes) is 1. The highest BCUT2D eigenvalue weighted by Gasteiger charge is 2.30. The Morgan fingerprint density at radius 2 is 1.48 bits per heavy atom. The fraction of sp³-hybridized carbons (Fsp3) is 0.722. The number of hydrogen-bond donors (Lipinski definition) is 8. The van der Waals surface area contributed by atoms with Gasteiger partial charge in [0, 0.05) is 5.75 Å². The van der Waals surface area contributed by atoms with E-state index in [0.717, 1.165) is 0 Å². The maximum atomic E-state index is 12.7. The van der Waals surface area contributed by atoms with Crippen LogP contribution in [0.2, 0.25) is 0 Å². The van der Waals surface area contributed by atoms with E-state index in [1.54, 1.807) is 13.8 Å². The number of carbonyl (C=O) groups is 5. The summed E-state index contributed by atoms with van der Waals surface area (Å²) in [6.45, 7) is 3.67. The van der Waals surface area contributed by atoms with E-state index in [1.165, 1.54) is 0 Å². The lowest BCUT2D eigenvalue weighted by atomic mass is 10.0. The zero-order chi connectivity index (χ0) is 24.1. The quantitative estimate of drug-likeness (QED) is 0.0953. The molecule has 0 rings (SSSR count). The molecule has 0 aliphatic carbocycles. The molecule has 0 aromatic heterocycles. The number of nitrogens with one attached hydrogen (secondary N) is 3. The molecule has 12 nitrogen and oxygen atoms in total. The standard InChI is InChI=1S/C18H34N6O6S/c1-9(2)14(18(29)30)24-16(27)11(5-3-4-6-19)22-17(28)12(8-31)23-15(26)10(20)7-13(21)25/h9-12,14,31H,3-8,19-20H2,1-2H3,(H2,21,25)(H,22,28)(H,23,26)(H,24,27)(H,29,30). The van der Waals surface area contributed by atoms with Gasteiger partial charge in [-0.05, 0) is 31.7 Å². The minimum atomic E-state index is -1.24. The van der Waals surface area contributed by atoms with Crippen LogP contribution in [0.1, 0.15) is 39.5 Å². The number of amides is 4. The van der Waals surface area contributed by atoms with Crippen LogP contribution < -0.4 is 33.2 Å². The molecule has 13 heteroatoms. The van der Waals surface area contributed by atoms with Crippen molar-refractivity contribution in [1.82, 2.24) is 16.0 Å². The molecular formula is C18H34N6O6S. The molecular weight excluding hydrogens is 428 g/mol. The van der Waals surface area contributed by atoms with E-state index >= 15 is 0 Å². The summed E-state index contributed by atoms with van der Waals surface area (Å²) in [6.07, 6.45) is 0.923. The van der Waals surface area contributed by atoms with E-state index in [-0.39, 0.29) is 18.1 Å². The predicted octanol–water partition coefficient (Wildman–Crippen LogP) is -2.56. The van der Waals surface area contributed by atoms with Crippen LogP contribution in [-0.2, 0) is 24.0 Å². The van der Waals surface area contributed by atoms with Gasteiger partial charge in [0.1, 0.15) is 18.1 Å². The number of hydrogen-bond acceptors (Lipinski definition) is 8. The highest BCUT2D eigenvalue weighted by atomic mass is 32.1. The van der Waals surface area contributed by atoms with Crippen molar-refractivity contribution in [3.8, 4) is 0 Å². The highest BCUT2D eigenvalue weighted by Crippen LogP contribution is 2.06. The fourth-order valence-corrected chi connectivity index (χ4v) is 2.84. The van der Waals surface area contributed by atoms with E-state index in [2.05, 4.69) is 28.6 Å². The Labute approximate surface area is 186 Å². The predicted molar refractivity (Wildman–Crippen MR) is 117 cm³/mol. The fourth-order valence-electron chi connectivity index (χ4n) is 2.58. The van der Waals surface area contributed by atoms with Crippen molar-refractivity contribution in [2.24, 2.45) is 23.1 Å². The average Bonchev–Trinajstić information content (AvgIpc) is 2.67. The number of primary amides is 1. The molecule has 4 unspecified atom stereocenters. The third kappa shape index (κ3) is 11.0. The number of rotatable bonds is 15. The van der Waals surface area contributed by atoms with Gasteiger partial charge < -0.3 is 38.3 Å². The summed E-state index contributed by atoms with van der Waals surface area (Å²) in [5, 5.41) is 16.6. The average molecular weight is 463 g/mol. The van der Waals surface area contributed by atoms with E-state index < -0.39 is 60.2 Å². The molecule has 0 aliphatic rings. The first-order valence-corrected chi connectivity index (χ1v) is 10.6. The minimum absolute atomic E-state index is 0.109. The topological polar surface area (TPSA) is 220 Å². The van der Waals surface area contributed by atoms with Crippen LogP contribution in [0.15, 0.2) is 0 Å². The van der Waals surface area contributed by atoms with Gasteiger partial charge in [-0.25, -0.2) is 4.79 Å². The summed E-state index contributed by atoms with van der Waals surface area (Å²) in [4.78, 5) is 59.6. The molecule has 0 spiro atoms. The van der Waals surface area contributed by atoms with Gasteiger partial charge in [-0.2, -0.15) is 12.6 Å². The molecule has 0 aromatic carbocycles. The Morgan fingerprint density at radius 1 is 0.935 bits per heavy atom. The first kappa shape index (κ1) is 28.6. The minimum Gasteiger partial charge on any atom is -0.480 e. The van der Waals surface area contributed by atoms with Gasteiger partial charge in [0.05, 0.1) is 12.5 Å². The van der Waals surface area contributed by atoms with Gasteiger partial charge in [-0.3, -0.25) is 19.2 Å². The van der Waals surface area contributed by atoms with E-state index in [4.69, 9.17) is 17.2 Å². The molecule has 0 saturated carbocycles. The summed E-state index contributed by atoms with van der Waals surface area (Å²) >= 11 is 4.03. The van der Waals surface area contributed by atoms with Crippen molar-refractivity contribution in [3.63, 3.8) is 0 Å². The van der Waals surface area contributed by atoms with Gasteiger partial charge in [-0.15, -0.1) is 0 Å². The normalized spacial score (nSPS) is 14.8. The van der Waals surface area contributed by atoms with Crippen molar-refractivity contribution in [3.05, 3.63) is 0 Å². The van der Waals surface area contributed by atoms with Crippen LogP contribution in [0.4, 0.5) is 0 Å². The SMILES string of the molecule is CC(C)C(NC(=O)C(CCCCN)NC(=O)C(CS)NC(=O)C(N)CC(N)=O)C(=O)O. The van der Waals surface area contributed by atoms with E-state index in [9.17, 15) is 29.1 Å². The second-order valence-corrected chi connectivity index (χ2v) is 7.80. The number of carbonyl (C=O) groups excluding carboxylic acids is 4. The Bertz CT molecular complexity index is 647. The summed E-state index contributed by atoms with van der Waals surface area (Å²) in [6, 6.07) is -4.55. The lowest BCUT2D eigenvalue weighted by Gasteiger charge is -2.25. The molecule has 10 N–H and O–H groups in total. The Hall–Kier alpha value is -2.38. The van der Waals surface area contributed by atoms with Crippen LogP contribution in [0.3, 0.4) is 0 Å². The first-order valence-electron chi connectivity index (χ1n) is 9.93. The zero-order valence-corrected chi connectivity index (χ0v) is 18.7. The molecule has 0 fully saturated rings. The molecule has 0 saturated heterocycles. The van der Waals surface area contributed by atoms with Gasteiger partial charge >= 0.3 is 5.97 Å². The Balaban J connectivity index is 5.26. The van der Waals surface area contributed by atoms with Crippen molar-refractivity contribution >= 4 is 42.2 Å². The molecule has 31 heavy (non-hydrogen) atoms. The van der Waals surface area contributed by atoms with Crippen molar-refractivity contribution in [2.75, 3.05) is 12.3 Å². The molecule has 4 amide bonds. The highest BCUT2D eigenvalue weighted by molar-refractivity contribution is 7.80. The summed E-state index contributed by atoms with van der Waals surface area (Å²) in [5.74, 6) is -4.61. The molecule has 0 heterocycles. The summed E-state index contributed by atoms with van der Waals surface area (Å²) < 4.78 is 0. The van der Waals surface area contributed by atoms with Gasteiger partial charge in [0.15, 0.2) is 0 Å². The summed E-state index contributed by atoms with van der Waals surface area (Å²) in [5.41, 5.74) is 16.0. The van der Waals surface area contributed by atoms with Crippen LogP contribution in [-0.4, -0.2) is 71.2 Å². The van der Waals surface area contributed by atoms with Crippen molar-refractivity contribution < 1.29 is 29.1 Å². The zero-order valence-electron chi connectivity index (χ0n) is 17.8. The number of carboxylic acids is 1. The molecule has 0 aromatic rings. The second kappa shape index (κ2) is 14.6. The van der Waals surface area contributed by atoms with Crippen LogP contribution in [0.5, 0.6) is 0 Å². The second-order valence-electron chi connectivity index (χ2n) is 7.43. The van der Waals surface area contributed by atoms with Crippen molar-refractivity contribution in [2.45, 2.75) is 63.7 Å². The molecule has 4 atom stereocenters. The van der Waals surface area contributed by atoms with E-state index in [0.29, 0.717) is 19.4 Å². The monoisotopic (exact) mass is 462 g/mol. The largest absolute Gasteiger partial charge is 0.480 e. The lowest BCUT2D eigenvalue weighted by Crippen LogP contribution is -2.58. The van der Waals surface area contributed by atoms with Crippen LogP contribution in [0.25, 0.3) is 0 Å². The van der Waals surface area contributed by atoms with Gasteiger partial charge in [0.25, 0.3) is 0 Å². The Kier molecular flexibility index (Phi) is 13.5. The van der Waals surface area contributed by atoms with Crippen molar-refractivity contribution in [1.29, 1.82) is 0 Å². The first-order chi connectivity index (χ1) is 14.4. The smallest absolute Gasteiger partial charge is 0.326 e. The third-order valence-corrected chi connectivity index (χ3v) is 4.75. The number of nitrogens with two attached hydrogens (primary N) is 3. The number of carboxylic acid groups (broad SMARTS) is 1. The third-order valence-electron chi connectivity index (χ3n) is 4.38. The molecule has 0 aliphatic heterocycles. The van der Waals surface area contributed by atoms with Gasteiger partial charge in [-0.1, -0.05) is 13.8 Å².